The Kier molecular flexibility index (Phi) is 5.84. The highest BCUT2D eigenvalue weighted by atomic mass is 16.5. The maximum Gasteiger partial charge on any atom is 0.337 e. The van der Waals surface area contributed by atoms with Gasteiger partial charge in [0.05, 0.1) is 25.3 Å². The second-order valence-electron chi connectivity index (χ2n) is 8.42. The number of rotatable bonds is 7. The normalized spacial score (nSPS) is 16.9. The first-order chi connectivity index (χ1) is 16.6. The lowest BCUT2D eigenvalue weighted by atomic mass is 10.0. The number of nitrogens with one attached hydrogen (secondary N) is 1. The molecule has 5 rings (SSSR count). The van der Waals surface area contributed by atoms with Crippen molar-refractivity contribution < 1.29 is 23.8 Å². The molecule has 1 fully saturated rings. The topological polar surface area (TPSA) is 77.1 Å². The number of benzene rings is 3. The van der Waals surface area contributed by atoms with Gasteiger partial charge in [0.15, 0.2) is 11.5 Å². The lowest BCUT2D eigenvalue weighted by Gasteiger charge is -2.38. The van der Waals surface area contributed by atoms with Crippen LogP contribution in [0.3, 0.4) is 0 Å². The van der Waals surface area contributed by atoms with E-state index in [1.54, 1.807) is 19.2 Å². The molecule has 1 N–H and O–H groups in total. The summed E-state index contributed by atoms with van der Waals surface area (Å²) in [7, 11) is 2.96. The van der Waals surface area contributed by atoms with Crippen LogP contribution in [0.4, 0.5) is 5.69 Å². The van der Waals surface area contributed by atoms with Crippen LogP contribution in [0.1, 0.15) is 50.9 Å². The number of ether oxygens (including phenoxy) is 3. The Bertz CT molecular complexity index is 1220. The molecule has 0 radical (unpaired) electrons. The number of hydrogen-bond donors (Lipinski definition) is 1. The molecule has 3 aromatic rings. The fourth-order valence-corrected chi connectivity index (χ4v) is 4.23. The second-order valence-corrected chi connectivity index (χ2v) is 8.42. The molecular weight excluding hydrogens is 432 g/mol. The van der Waals surface area contributed by atoms with Crippen molar-refractivity contribution in [2.24, 2.45) is 0 Å². The molecule has 1 aliphatic heterocycles. The summed E-state index contributed by atoms with van der Waals surface area (Å²) in [5.41, 5.74) is 3.88. The zero-order chi connectivity index (χ0) is 23.7. The van der Waals surface area contributed by atoms with Crippen LogP contribution in [0.5, 0.6) is 11.5 Å². The highest BCUT2D eigenvalue weighted by molar-refractivity contribution is 6.02. The minimum Gasteiger partial charge on any atom is -0.493 e. The zero-order valence-electron chi connectivity index (χ0n) is 19.1. The monoisotopic (exact) mass is 458 g/mol. The molecule has 1 amide bonds. The summed E-state index contributed by atoms with van der Waals surface area (Å²) in [5.74, 6) is 0.871. The molecule has 2 aliphatic rings. The number of amides is 1. The van der Waals surface area contributed by atoms with Crippen molar-refractivity contribution in [3.63, 3.8) is 0 Å². The number of hydrogen-bond acceptors (Lipinski definition) is 6. The number of para-hydroxylation sites is 1. The summed E-state index contributed by atoms with van der Waals surface area (Å²) in [4.78, 5) is 26.8. The predicted octanol–water partition coefficient (Wildman–Crippen LogP) is 4.79. The van der Waals surface area contributed by atoms with Gasteiger partial charge in [-0.25, -0.2) is 4.79 Å². The van der Waals surface area contributed by atoms with Gasteiger partial charge in [0, 0.05) is 11.7 Å². The van der Waals surface area contributed by atoms with Crippen LogP contribution < -0.4 is 14.8 Å². The van der Waals surface area contributed by atoms with Crippen LogP contribution in [0.15, 0.2) is 66.7 Å². The van der Waals surface area contributed by atoms with E-state index in [9.17, 15) is 9.59 Å². The first-order valence-electron chi connectivity index (χ1n) is 11.2. The van der Waals surface area contributed by atoms with E-state index in [2.05, 4.69) is 5.32 Å². The van der Waals surface area contributed by atoms with Gasteiger partial charge in [-0.2, -0.15) is 0 Å². The maximum absolute atomic E-state index is 13.2. The van der Waals surface area contributed by atoms with Gasteiger partial charge in [0.25, 0.3) is 5.91 Å². The third kappa shape index (κ3) is 4.17. The first-order valence-corrected chi connectivity index (χ1v) is 11.2. The molecule has 0 unspecified atom stereocenters. The Morgan fingerprint density at radius 1 is 1.00 bits per heavy atom. The summed E-state index contributed by atoms with van der Waals surface area (Å²) in [6.07, 6.45) is 1.75. The standard InChI is InChI=1S/C27H26N2O5/c1-32-24-15-19(11-14-23(24)34-16-17-7-9-18(10-8-17)27(31)33-2)25-28-22-6-4-3-5-21(22)26(30)29(25)20-12-13-20/h3-11,14-15,20,25,28H,12-13,16H2,1-2H3/t25-/m1/s1. The third-order valence-corrected chi connectivity index (χ3v) is 6.18. The number of anilines is 1. The van der Waals surface area contributed by atoms with Gasteiger partial charge >= 0.3 is 5.97 Å². The van der Waals surface area contributed by atoms with E-state index < -0.39 is 0 Å². The fraction of sp³-hybridized carbons (Fsp3) is 0.259. The molecule has 34 heavy (non-hydrogen) atoms. The van der Waals surface area contributed by atoms with E-state index in [-0.39, 0.29) is 24.1 Å². The Morgan fingerprint density at radius 2 is 1.76 bits per heavy atom. The van der Waals surface area contributed by atoms with Gasteiger partial charge < -0.3 is 24.4 Å². The smallest absolute Gasteiger partial charge is 0.337 e. The second kappa shape index (κ2) is 9.09. The molecule has 1 heterocycles. The van der Waals surface area contributed by atoms with Crippen molar-refractivity contribution in [2.45, 2.75) is 31.7 Å². The average molecular weight is 459 g/mol. The van der Waals surface area contributed by atoms with E-state index in [1.165, 1.54) is 7.11 Å². The minimum absolute atomic E-state index is 0.0524. The Hall–Kier alpha value is -4.00. The molecule has 0 saturated heterocycles. The molecule has 3 aromatic carbocycles. The highest BCUT2D eigenvalue weighted by Gasteiger charge is 2.42. The largest absolute Gasteiger partial charge is 0.493 e. The quantitative estimate of drug-likeness (QED) is 0.513. The lowest BCUT2D eigenvalue weighted by molar-refractivity contribution is 0.0599. The number of nitrogens with zero attached hydrogens (tertiary/aromatic N) is 1. The molecular formula is C27H26N2O5. The highest BCUT2D eigenvalue weighted by Crippen LogP contribution is 2.42. The van der Waals surface area contributed by atoms with E-state index >= 15 is 0 Å². The number of carbonyl (C=O) groups is 2. The van der Waals surface area contributed by atoms with Crippen LogP contribution in [-0.2, 0) is 11.3 Å². The van der Waals surface area contributed by atoms with E-state index in [4.69, 9.17) is 14.2 Å². The summed E-state index contributed by atoms with van der Waals surface area (Å²) in [6, 6.07) is 20.7. The van der Waals surface area contributed by atoms with E-state index in [1.807, 2.05) is 59.5 Å². The molecule has 7 heteroatoms. The van der Waals surface area contributed by atoms with E-state index in [0.29, 0.717) is 29.2 Å². The molecule has 0 spiro atoms. The molecule has 1 aliphatic carbocycles. The Morgan fingerprint density at radius 3 is 2.47 bits per heavy atom. The van der Waals surface area contributed by atoms with Gasteiger partial charge in [-0.3, -0.25) is 4.79 Å². The summed E-state index contributed by atoms with van der Waals surface area (Å²) < 4.78 is 16.4. The molecule has 0 bridgehead atoms. The van der Waals surface area contributed by atoms with Crippen LogP contribution in [0, 0.1) is 0 Å². The van der Waals surface area contributed by atoms with Crippen molar-refractivity contribution in [3.05, 3.63) is 89.0 Å². The maximum atomic E-state index is 13.2. The average Bonchev–Trinajstić information content (AvgIpc) is 3.72. The van der Waals surface area contributed by atoms with Gasteiger partial charge in [0.2, 0.25) is 0 Å². The van der Waals surface area contributed by atoms with Crippen LogP contribution in [0.2, 0.25) is 0 Å². The molecule has 174 valence electrons. The van der Waals surface area contributed by atoms with Crippen molar-refractivity contribution >= 4 is 17.6 Å². The third-order valence-electron chi connectivity index (χ3n) is 6.18. The first kappa shape index (κ1) is 21.8. The summed E-state index contributed by atoms with van der Waals surface area (Å²) in [6.45, 7) is 0.318. The fourth-order valence-electron chi connectivity index (χ4n) is 4.23. The van der Waals surface area contributed by atoms with Crippen LogP contribution >= 0.6 is 0 Å². The van der Waals surface area contributed by atoms with Crippen molar-refractivity contribution in [1.29, 1.82) is 0 Å². The number of fused-ring (bicyclic) bond motifs is 1. The Balaban J connectivity index is 1.36. The van der Waals surface area contributed by atoms with E-state index in [0.717, 1.165) is 29.7 Å². The zero-order valence-corrected chi connectivity index (χ0v) is 19.1. The van der Waals surface area contributed by atoms with Gasteiger partial charge in [-0.1, -0.05) is 30.3 Å². The van der Waals surface area contributed by atoms with Crippen molar-refractivity contribution in [2.75, 3.05) is 19.5 Å². The molecule has 1 atom stereocenters. The predicted molar refractivity (Wildman–Crippen MR) is 127 cm³/mol. The van der Waals surface area contributed by atoms with Crippen molar-refractivity contribution in [1.82, 2.24) is 4.90 Å². The minimum atomic E-state index is -0.373. The molecule has 0 aromatic heterocycles. The Labute approximate surface area is 198 Å². The SMILES string of the molecule is COC(=O)c1ccc(COc2ccc([C@@H]3Nc4ccccc4C(=O)N3C3CC3)cc2OC)cc1. The van der Waals surface area contributed by atoms with Gasteiger partial charge in [-0.15, -0.1) is 0 Å². The molecule has 1 saturated carbocycles. The molecule has 7 nitrogen and oxygen atoms in total. The van der Waals surface area contributed by atoms with Crippen LogP contribution in [0.25, 0.3) is 0 Å². The van der Waals surface area contributed by atoms with Crippen LogP contribution in [-0.4, -0.2) is 37.0 Å². The number of methoxy groups -OCH3 is 2. The number of carbonyl (C=O) groups excluding carboxylic acids is 2. The summed E-state index contributed by atoms with van der Waals surface area (Å²) in [5, 5.41) is 3.53. The lowest BCUT2D eigenvalue weighted by Crippen LogP contribution is -2.44. The van der Waals surface area contributed by atoms with Gasteiger partial charge in [-0.05, 0) is 60.4 Å². The summed E-state index contributed by atoms with van der Waals surface area (Å²) >= 11 is 0. The van der Waals surface area contributed by atoms with Gasteiger partial charge in [0.1, 0.15) is 12.8 Å². The number of esters is 1. The van der Waals surface area contributed by atoms with Crippen molar-refractivity contribution in [3.8, 4) is 11.5 Å².